The molecule has 0 atom stereocenters. The molecule has 1 aliphatic heterocycles. The Kier molecular flexibility index (Phi) is 6.25. The summed E-state index contributed by atoms with van der Waals surface area (Å²) in [6, 6.07) is 14.4. The summed E-state index contributed by atoms with van der Waals surface area (Å²) in [4.78, 5) is 40.1. The first-order valence-corrected chi connectivity index (χ1v) is 10.7. The summed E-state index contributed by atoms with van der Waals surface area (Å²) in [5.41, 5.74) is 0.919. The smallest absolute Gasteiger partial charge is 0.305 e. The number of hydrogen-bond donors (Lipinski definition) is 0. The summed E-state index contributed by atoms with van der Waals surface area (Å²) in [5.74, 6) is 0.512. The van der Waals surface area contributed by atoms with Gasteiger partial charge in [0.25, 0.3) is 11.5 Å². The van der Waals surface area contributed by atoms with Crippen LogP contribution in [0.15, 0.2) is 59.5 Å². The van der Waals surface area contributed by atoms with Gasteiger partial charge in [-0.25, -0.2) is 0 Å². The molecule has 1 aromatic heterocycles. The lowest BCUT2D eigenvalue weighted by Gasteiger charge is -2.32. The van der Waals surface area contributed by atoms with Crippen LogP contribution in [0, 0.1) is 5.92 Å². The van der Waals surface area contributed by atoms with E-state index in [1.54, 1.807) is 42.5 Å². The highest BCUT2D eigenvalue weighted by molar-refractivity contribution is 6.06. The summed E-state index contributed by atoms with van der Waals surface area (Å²) < 4.78 is 11.6. The third kappa shape index (κ3) is 4.23. The number of piperidine rings is 1. The molecule has 0 spiro atoms. The second-order valence-electron chi connectivity index (χ2n) is 7.98. The summed E-state index contributed by atoms with van der Waals surface area (Å²) in [5, 5.41) is 1.13. The number of likely N-dealkylation sites (tertiary alicyclic amines) is 1. The summed E-state index contributed by atoms with van der Waals surface area (Å²) in [6.07, 6.45) is 3.49. The Labute approximate surface area is 186 Å². The molecule has 2 heterocycles. The van der Waals surface area contributed by atoms with Gasteiger partial charge in [-0.15, -0.1) is 0 Å². The van der Waals surface area contributed by atoms with Gasteiger partial charge in [0, 0.05) is 42.5 Å². The lowest BCUT2D eigenvalue weighted by atomic mass is 9.93. The Morgan fingerprint density at radius 1 is 1.00 bits per heavy atom. The van der Waals surface area contributed by atoms with Crippen molar-refractivity contribution in [1.82, 2.24) is 9.47 Å². The zero-order valence-corrected chi connectivity index (χ0v) is 18.2. The van der Waals surface area contributed by atoms with Crippen molar-refractivity contribution in [3.63, 3.8) is 0 Å². The molecule has 166 valence electrons. The van der Waals surface area contributed by atoms with Gasteiger partial charge < -0.3 is 14.4 Å². The molecule has 1 saturated heterocycles. The van der Waals surface area contributed by atoms with Crippen LogP contribution in [0.4, 0.5) is 0 Å². The van der Waals surface area contributed by atoms with Gasteiger partial charge >= 0.3 is 5.97 Å². The third-order valence-corrected chi connectivity index (χ3v) is 6.07. The molecular weight excluding hydrogens is 408 g/mol. The molecule has 4 rings (SSSR count). The molecule has 7 heteroatoms. The van der Waals surface area contributed by atoms with Crippen molar-refractivity contribution in [3.8, 4) is 11.4 Å². The number of methoxy groups -OCH3 is 2. The van der Waals surface area contributed by atoms with Gasteiger partial charge in [0.2, 0.25) is 0 Å². The number of carbonyl (C=O) groups excluding carboxylic acids is 2. The van der Waals surface area contributed by atoms with E-state index in [1.165, 1.54) is 11.7 Å². The van der Waals surface area contributed by atoms with Crippen LogP contribution in [-0.4, -0.2) is 48.7 Å². The second kappa shape index (κ2) is 9.26. The Hall–Kier alpha value is -3.61. The first-order valence-electron chi connectivity index (χ1n) is 10.7. The normalized spacial score (nSPS) is 14.4. The van der Waals surface area contributed by atoms with E-state index in [9.17, 15) is 14.4 Å². The quantitative estimate of drug-likeness (QED) is 0.575. The maximum absolute atomic E-state index is 13.5. The fraction of sp³-hybridized carbons (Fsp3) is 0.320. The Morgan fingerprint density at radius 2 is 1.72 bits per heavy atom. The van der Waals surface area contributed by atoms with Crippen molar-refractivity contribution in [3.05, 3.63) is 70.6 Å². The number of amides is 1. The van der Waals surface area contributed by atoms with Gasteiger partial charge in [0.15, 0.2) is 0 Å². The van der Waals surface area contributed by atoms with E-state index in [4.69, 9.17) is 9.47 Å². The number of nitrogens with zero attached hydrogens (tertiary/aromatic N) is 2. The minimum Gasteiger partial charge on any atom is -0.497 e. The lowest BCUT2D eigenvalue weighted by molar-refractivity contribution is -0.142. The summed E-state index contributed by atoms with van der Waals surface area (Å²) >= 11 is 0. The molecule has 1 fully saturated rings. The molecule has 32 heavy (non-hydrogen) atoms. The van der Waals surface area contributed by atoms with Crippen molar-refractivity contribution in [2.24, 2.45) is 5.92 Å². The number of ether oxygens (including phenoxy) is 2. The minimum absolute atomic E-state index is 0.116. The maximum Gasteiger partial charge on any atom is 0.305 e. The van der Waals surface area contributed by atoms with E-state index < -0.39 is 0 Å². The molecule has 0 aliphatic carbocycles. The summed E-state index contributed by atoms with van der Waals surface area (Å²) in [6.45, 7) is 1.13. The van der Waals surface area contributed by atoms with E-state index in [0.29, 0.717) is 47.3 Å². The first-order chi connectivity index (χ1) is 15.5. The fourth-order valence-electron chi connectivity index (χ4n) is 4.24. The minimum atomic E-state index is -0.217. The number of rotatable bonds is 5. The molecule has 3 aromatic rings. The molecule has 2 aromatic carbocycles. The highest BCUT2D eigenvalue weighted by atomic mass is 16.5. The second-order valence-corrected chi connectivity index (χ2v) is 7.98. The maximum atomic E-state index is 13.5. The first kappa shape index (κ1) is 21.6. The fourth-order valence-corrected chi connectivity index (χ4v) is 4.24. The Bertz CT molecular complexity index is 1210. The molecule has 0 bridgehead atoms. The lowest BCUT2D eigenvalue weighted by Crippen LogP contribution is -2.39. The van der Waals surface area contributed by atoms with Gasteiger partial charge in [-0.3, -0.25) is 19.0 Å². The van der Waals surface area contributed by atoms with E-state index in [1.807, 2.05) is 24.3 Å². The van der Waals surface area contributed by atoms with Crippen LogP contribution in [0.2, 0.25) is 0 Å². The molecule has 0 N–H and O–H groups in total. The van der Waals surface area contributed by atoms with Gasteiger partial charge in [-0.1, -0.05) is 24.3 Å². The average Bonchev–Trinajstić information content (AvgIpc) is 2.84. The topological polar surface area (TPSA) is 77.8 Å². The number of carbonyl (C=O) groups is 2. The van der Waals surface area contributed by atoms with E-state index >= 15 is 0 Å². The van der Waals surface area contributed by atoms with Crippen LogP contribution in [0.5, 0.6) is 5.75 Å². The van der Waals surface area contributed by atoms with E-state index in [2.05, 4.69) is 0 Å². The molecule has 0 unspecified atom stereocenters. The van der Waals surface area contributed by atoms with Gasteiger partial charge in [-0.2, -0.15) is 0 Å². The average molecular weight is 434 g/mol. The highest BCUT2D eigenvalue weighted by Gasteiger charge is 2.27. The zero-order chi connectivity index (χ0) is 22.7. The Morgan fingerprint density at radius 3 is 2.41 bits per heavy atom. The van der Waals surface area contributed by atoms with Crippen LogP contribution in [0.1, 0.15) is 29.6 Å². The number of hydrogen-bond acceptors (Lipinski definition) is 5. The third-order valence-electron chi connectivity index (χ3n) is 6.07. The van der Waals surface area contributed by atoms with Crippen molar-refractivity contribution in [1.29, 1.82) is 0 Å². The number of fused-ring (bicyclic) bond motifs is 1. The highest BCUT2D eigenvalue weighted by Crippen LogP contribution is 2.25. The molecular formula is C25H26N2O5. The van der Waals surface area contributed by atoms with Crippen LogP contribution in [0.3, 0.4) is 0 Å². The van der Waals surface area contributed by atoms with Crippen molar-refractivity contribution in [2.75, 3.05) is 27.3 Å². The standard InChI is InChI=1S/C25H26N2O5/c1-31-19-7-5-6-18(15-19)27-16-22(20-8-3-4-9-21(20)25(27)30)24(29)26-12-10-17(11-13-26)14-23(28)32-2/h3-9,15-17H,10-14H2,1-2H3. The largest absolute Gasteiger partial charge is 0.497 e. The summed E-state index contributed by atoms with van der Waals surface area (Å²) in [7, 11) is 2.96. The van der Waals surface area contributed by atoms with E-state index in [-0.39, 0.29) is 23.4 Å². The van der Waals surface area contributed by atoms with Crippen molar-refractivity contribution in [2.45, 2.75) is 19.3 Å². The monoisotopic (exact) mass is 434 g/mol. The number of esters is 1. The van der Waals surface area contributed by atoms with Gasteiger partial charge in [-0.05, 0) is 37.0 Å². The predicted octanol–water partition coefficient (Wildman–Crippen LogP) is 3.41. The van der Waals surface area contributed by atoms with Gasteiger partial charge in [0.05, 0.1) is 25.5 Å². The molecule has 1 aliphatic rings. The van der Waals surface area contributed by atoms with Crippen molar-refractivity contribution < 1.29 is 19.1 Å². The predicted molar refractivity (Wildman–Crippen MR) is 121 cm³/mol. The zero-order valence-electron chi connectivity index (χ0n) is 18.2. The molecule has 0 saturated carbocycles. The number of pyridine rings is 1. The SMILES string of the molecule is COC(=O)CC1CCN(C(=O)c2cn(-c3cccc(OC)c3)c(=O)c3ccccc23)CC1. The molecule has 7 nitrogen and oxygen atoms in total. The molecule has 0 radical (unpaired) electrons. The van der Waals surface area contributed by atoms with E-state index in [0.717, 1.165) is 12.8 Å². The Balaban J connectivity index is 1.69. The van der Waals surface area contributed by atoms with Crippen molar-refractivity contribution >= 4 is 22.6 Å². The number of aromatic nitrogens is 1. The number of benzene rings is 2. The van der Waals surface area contributed by atoms with Crippen LogP contribution < -0.4 is 10.3 Å². The van der Waals surface area contributed by atoms with Crippen LogP contribution >= 0.6 is 0 Å². The molecule has 1 amide bonds. The van der Waals surface area contributed by atoms with Crippen LogP contribution in [0.25, 0.3) is 16.5 Å². The van der Waals surface area contributed by atoms with Crippen LogP contribution in [-0.2, 0) is 9.53 Å². The van der Waals surface area contributed by atoms with Gasteiger partial charge in [0.1, 0.15) is 5.75 Å².